The number of rotatable bonds is 7. The summed E-state index contributed by atoms with van der Waals surface area (Å²) in [5, 5.41) is 1.48. The summed E-state index contributed by atoms with van der Waals surface area (Å²) in [5.74, 6) is -0.798. The van der Waals surface area contributed by atoms with E-state index in [4.69, 9.17) is 0 Å². The third-order valence-corrected chi connectivity index (χ3v) is 8.03. The number of carbonyl (C=O) groups excluding carboxylic acids is 5. The number of imide groups is 1. The highest BCUT2D eigenvalue weighted by Gasteiger charge is 2.42. The largest absolute Gasteiger partial charge is 0.331 e. The number of amides is 4. The van der Waals surface area contributed by atoms with Crippen molar-refractivity contribution < 1.29 is 24.0 Å². The molecule has 2 fully saturated rings. The molecule has 2 atom stereocenters. The molecule has 188 valence electrons. The van der Waals surface area contributed by atoms with Gasteiger partial charge in [0.15, 0.2) is 5.78 Å². The van der Waals surface area contributed by atoms with E-state index in [1.807, 2.05) is 18.4 Å². The Morgan fingerprint density at radius 3 is 2.14 bits per heavy atom. The molecule has 9 heteroatoms. The zero-order valence-corrected chi connectivity index (χ0v) is 21.1. The average molecular weight is 508 g/mol. The minimum absolute atomic E-state index is 0.0445. The minimum Gasteiger partial charge on any atom is -0.331 e. The van der Waals surface area contributed by atoms with Crippen molar-refractivity contribution >= 4 is 51.9 Å². The van der Waals surface area contributed by atoms with Crippen molar-refractivity contribution in [3.63, 3.8) is 0 Å². The molecule has 5 rings (SSSR count). The maximum atomic E-state index is 13.4. The lowest BCUT2D eigenvalue weighted by Gasteiger charge is -2.32. The summed E-state index contributed by atoms with van der Waals surface area (Å²) in [6.07, 6.45) is 4.53. The van der Waals surface area contributed by atoms with Crippen LogP contribution in [0.15, 0.2) is 36.4 Å². The van der Waals surface area contributed by atoms with Crippen molar-refractivity contribution in [3.05, 3.63) is 47.5 Å². The number of ketones is 1. The normalized spacial score (nSPS) is 21.5. The maximum Gasteiger partial charge on any atom is 0.261 e. The zero-order valence-electron chi connectivity index (χ0n) is 20.3. The molecular weight excluding hydrogens is 478 g/mol. The Labute approximate surface area is 214 Å². The summed E-state index contributed by atoms with van der Waals surface area (Å²) in [4.78, 5) is 69.8. The van der Waals surface area contributed by atoms with Gasteiger partial charge in [0.25, 0.3) is 11.8 Å². The molecule has 2 aromatic rings. The molecule has 2 saturated heterocycles. The molecule has 3 heterocycles. The Morgan fingerprint density at radius 1 is 0.889 bits per heavy atom. The van der Waals surface area contributed by atoms with Crippen LogP contribution in [0.3, 0.4) is 0 Å². The fourth-order valence-corrected chi connectivity index (χ4v) is 6.23. The first-order valence-corrected chi connectivity index (χ1v) is 13.8. The predicted octanol–water partition coefficient (Wildman–Crippen LogP) is 2.74. The molecule has 0 unspecified atom stereocenters. The van der Waals surface area contributed by atoms with Crippen LogP contribution in [-0.4, -0.2) is 87.8 Å². The molecule has 0 N–H and O–H groups in total. The zero-order chi connectivity index (χ0) is 25.4. The summed E-state index contributed by atoms with van der Waals surface area (Å²) in [6.45, 7) is 0.942. The van der Waals surface area contributed by atoms with E-state index < -0.39 is 23.9 Å². The molecule has 0 aliphatic carbocycles. The summed E-state index contributed by atoms with van der Waals surface area (Å²) in [6, 6.07) is 9.71. The molecule has 3 aliphatic rings. The summed E-state index contributed by atoms with van der Waals surface area (Å²) >= 11 is 1.45. The molecule has 2 aromatic carbocycles. The Kier molecular flexibility index (Phi) is 6.83. The van der Waals surface area contributed by atoms with E-state index in [1.54, 1.807) is 34.1 Å². The number of hydrogen-bond donors (Lipinski definition) is 0. The number of likely N-dealkylation sites (tertiary alicyclic amines) is 2. The highest BCUT2D eigenvalue weighted by molar-refractivity contribution is 7.99. The lowest BCUT2D eigenvalue weighted by atomic mass is 9.94. The number of hydrogen-bond acceptors (Lipinski definition) is 6. The van der Waals surface area contributed by atoms with Crippen LogP contribution in [0.25, 0.3) is 10.8 Å². The highest BCUT2D eigenvalue weighted by atomic mass is 32.2. The van der Waals surface area contributed by atoms with Crippen molar-refractivity contribution in [1.82, 2.24) is 14.7 Å². The van der Waals surface area contributed by atoms with Gasteiger partial charge in [-0.1, -0.05) is 24.3 Å². The topological polar surface area (TPSA) is 95.1 Å². The second-order valence-electron chi connectivity index (χ2n) is 9.56. The predicted molar refractivity (Wildman–Crippen MR) is 137 cm³/mol. The second kappa shape index (κ2) is 10.0. The summed E-state index contributed by atoms with van der Waals surface area (Å²) < 4.78 is 0. The van der Waals surface area contributed by atoms with Gasteiger partial charge in [0.1, 0.15) is 6.04 Å². The van der Waals surface area contributed by atoms with E-state index >= 15 is 0 Å². The lowest BCUT2D eigenvalue weighted by molar-refractivity contribution is -0.146. The Balaban J connectivity index is 1.27. The van der Waals surface area contributed by atoms with Gasteiger partial charge in [0.2, 0.25) is 11.8 Å². The van der Waals surface area contributed by atoms with E-state index in [1.165, 1.54) is 11.8 Å². The van der Waals surface area contributed by atoms with Gasteiger partial charge in [-0.05, 0) is 49.5 Å². The number of Topliss-reactive ketones (excluding diaryl/α,β-unsaturated/α-hetero) is 1. The molecule has 0 radical (unpaired) electrons. The SMILES string of the molecule is CSCC(=O)[C@@H]1CCCN1C(=O)[C@@H]1CCCN1C(=O)CCN1C(=O)c2cccc3cccc(c23)C1=O. The molecule has 36 heavy (non-hydrogen) atoms. The number of carbonyl (C=O) groups is 5. The van der Waals surface area contributed by atoms with Crippen LogP contribution in [0.1, 0.15) is 52.8 Å². The molecule has 4 amide bonds. The van der Waals surface area contributed by atoms with Gasteiger partial charge < -0.3 is 9.80 Å². The van der Waals surface area contributed by atoms with Gasteiger partial charge in [-0.25, -0.2) is 0 Å². The molecule has 0 saturated carbocycles. The minimum atomic E-state index is -0.595. The fourth-order valence-electron chi connectivity index (χ4n) is 5.75. The van der Waals surface area contributed by atoms with Crippen LogP contribution in [0, 0.1) is 0 Å². The third kappa shape index (κ3) is 4.19. The van der Waals surface area contributed by atoms with Gasteiger partial charge >= 0.3 is 0 Å². The first-order chi connectivity index (χ1) is 17.4. The standard InChI is InChI=1S/C27H29N3O5S/c1-36-16-22(31)20-10-4-14-29(20)27(35)21-11-5-13-28(21)23(32)12-15-30-25(33)18-8-2-6-17-7-3-9-19(24(17)18)26(30)34/h2-3,6-9,20-21H,4-5,10-16H2,1H3/t20-,21-/m0/s1. The first kappa shape index (κ1) is 24.5. The van der Waals surface area contributed by atoms with Gasteiger partial charge in [-0.3, -0.25) is 28.9 Å². The fraction of sp³-hybridized carbons (Fsp3) is 0.444. The van der Waals surface area contributed by atoms with Crippen LogP contribution in [0.4, 0.5) is 0 Å². The molecule has 3 aliphatic heterocycles. The maximum absolute atomic E-state index is 13.4. The van der Waals surface area contributed by atoms with E-state index in [9.17, 15) is 24.0 Å². The number of benzene rings is 2. The Bertz CT molecular complexity index is 1210. The van der Waals surface area contributed by atoms with E-state index in [2.05, 4.69) is 0 Å². The van der Waals surface area contributed by atoms with Crippen molar-refractivity contribution in [2.24, 2.45) is 0 Å². The van der Waals surface area contributed by atoms with Crippen LogP contribution < -0.4 is 0 Å². The highest BCUT2D eigenvalue weighted by Crippen LogP contribution is 2.31. The van der Waals surface area contributed by atoms with Gasteiger partial charge in [0, 0.05) is 42.6 Å². The van der Waals surface area contributed by atoms with Crippen molar-refractivity contribution in [3.8, 4) is 0 Å². The lowest BCUT2D eigenvalue weighted by Crippen LogP contribution is -2.51. The second-order valence-corrected chi connectivity index (χ2v) is 10.4. The molecule has 8 nitrogen and oxygen atoms in total. The average Bonchev–Trinajstić information content (AvgIpc) is 3.57. The molecular formula is C27H29N3O5S. The smallest absolute Gasteiger partial charge is 0.261 e. The van der Waals surface area contributed by atoms with E-state index in [0.29, 0.717) is 54.6 Å². The molecule has 0 bridgehead atoms. The summed E-state index contributed by atoms with van der Waals surface area (Å²) in [7, 11) is 0. The van der Waals surface area contributed by atoms with Gasteiger partial charge in [-0.2, -0.15) is 11.8 Å². The van der Waals surface area contributed by atoms with Crippen molar-refractivity contribution in [1.29, 1.82) is 0 Å². The third-order valence-electron chi connectivity index (χ3n) is 7.46. The molecule has 0 aromatic heterocycles. The Morgan fingerprint density at radius 2 is 1.50 bits per heavy atom. The Hall–Kier alpha value is -3.20. The van der Waals surface area contributed by atoms with E-state index in [-0.39, 0.29) is 30.6 Å². The van der Waals surface area contributed by atoms with E-state index in [0.717, 1.165) is 16.7 Å². The van der Waals surface area contributed by atoms with Crippen LogP contribution in [0.5, 0.6) is 0 Å². The van der Waals surface area contributed by atoms with Crippen LogP contribution in [0.2, 0.25) is 0 Å². The number of nitrogens with zero attached hydrogens (tertiary/aromatic N) is 3. The van der Waals surface area contributed by atoms with Gasteiger partial charge in [-0.15, -0.1) is 0 Å². The van der Waals surface area contributed by atoms with Crippen molar-refractivity contribution in [2.75, 3.05) is 31.6 Å². The molecule has 0 spiro atoms. The summed E-state index contributed by atoms with van der Waals surface area (Å²) in [5.41, 5.74) is 0.915. The monoisotopic (exact) mass is 507 g/mol. The van der Waals surface area contributed by atoms with Crippen LogP contribution in [-0.2, 0) is 14.4 Å². The van der Waals surface area contributed by atoms with Crippen molar-refractivity contribution in [2.45, 2.75) is 44.2 Å². The van der Waals surface area contributed by atoms with Gasteiger partial charge in [0.05, 0.1) is 11.8 Å². The number of thioether (sulfide) groups is 1. The van der Waals surface area contributed by atoms with Crippen LogP contribution >= 0.6 is 11.8 Å². The first-order valence-electron chi connectivity index (χ1n) is 12.4. The quantitative estimate of drug-likeness (QED) is 0.535.